The summed E-state index contributed by atoms with van der Waals surface area (Å²) in [6, 6.07) is 24.3. The number of nitrogens with zero attached hydrogens (tertiary/aromatic N) is 4. The molecule has 1 saturated carbocycles. The standard InChI is InChI=1S/C54H70N8O5S/c1-4-7-24-44-59-47-48(40-21-13-14-22-41(40)58-50(47)55)61(44)31-18-17-30-57-51(66)37-27-25-36(26-28-37)34-62-46(64)33-43(52(62)67)68-35-45(63)56-29-16-15-23-42-49(65)53(5-2)38-19-11-9-8-10-12-20-39(32-38)54(53,6-3)60-42/h8-14,19-22,32,36-37,42-43,60H,4-7,15-18,23-31,33-35H2,1-3H3,(H2,55,58)(H,56,63)(H,57,66). The van der Waals surface area contributed by atoms with Crippen LogP contribution in [0.1, 0.15) is 128 Å². The number of carbonyl (C=O) groups excluding carboxylic acids is 5. The van der Waals surface area contributed by atoms with Gasteiger partial charge in [-0.3, -0.25) is 34.2 Å². The summed E-state index contributed by atoms with van der Waals surface area (Å²) in [5, 5.41) is 10.5. The Morgan fingerprint density at radius 1 is 0.838 bits per heavy atom. The number of pyridine rings is 1. The van der Waals surface area contributed by atoms with Gasteiger partial charge in [0.25, 0.3) is 0 Å². The molecule has 4 aliphatic rings. The Bertz CT molecular complexity index is 2570. The van der Waals surface area contributed by atoms with Crippen LogP contribution in [0.5, 0.6) is 0 Å². The van der Waals surface area contributed by atoms with Gasteiger partial charge in [-0.05, 0) is 100 Å². The summed E-state index contributed by atoms with van der Waals surface area (Å²) in [6.07, 6.45) is 11.5. The van der Waals surface area contributed by atoms with Crippen LogP contribution < -0.4 is 21.7 Å². The number of benzene rings is 1. The molecule has 68 heavy (non-hydrogen) atoms. The summed E-state index contributed by atoms with van der Waals surface area (Å²) in [5.74, 6) is 1.43. The van der Waals surface area contributed by atoms with E-state index in [1.165, 1.54) is 16.7 Å². The molecule has 4 aromatic rings. The fraction of sp³-hybridized carbons (Fsp3) is 0.537. The average molecular weight is 943 g/mol. The van der Waals surface area contributed by atoms with E-state index in [1.807, 2.05) is 48.5 Å². The number of anilines is 1. The Labute approximate surface area is 405 Å². The SMILES string of the molecule is CCCCc1nc2c(N)nc3ccccc3c2n1CCCCNC(=O)C1CCC(CN2C(=O)CC(SCC(=O)NCCCCC3NC4(CC)c5cccccccc(c5)C4(CC)C3=O)C2=O)CC1. The number of unbranched alkanes of at least 4 members (excludes halogenated alkanes) is 3. The van der Waals surface area contributed by atoms with E-state index in [9.17, 15) is 24.0 Å². The van der Waals surface area contributed by atoms with Crippen molar-refractivity contribution in [3.05, 3.63) is 89.7 Å². The van der Waals surface area contributed by atoms with E-state index in [1.54, 1.807) is 0 Å². The predicted molar refractivity (Wildman–Crippen MR) is 270 cm³/mol. The van der Waals surface area contributed by atoms with Crippen LogP contribution in [0.25, 0.3) is 21.9 Å². The molecule has 4 heterocycles. The molecule has 14 heteroatoms. The molecule has 4 unspecified atom stereocenters. The van der Waals surface area contributed by atoms with Gasteiger partial charge in [-0.1, -0.05) is 93.9 Å². The molecular formula is C54H70N8O5S. The molecule has 2 saturated heterocycles. The highest BCUT2D eigenvalue weighted by molar-refractivity contribution is 8.01. The maximum atomic E-state index is 14.3. The minimum atomic E-state index is -0.607. The minimum Gasteiger partial charge on any atom is -0.382 e. The molecule has 2 aliphatic carbocycles. The molecule has 2 aromatic carbocycles. The zero-order valence-electron chi connectivity index (χ0n) is 40.2. The number of aromatic nitrogens is 3. The number of nitrogens with two attached hydrogens (primary N) is 1. The van der Waals surface area contributed by atoms with Crippen molar-refractivity contribution < 1.29 is 24.0 Å². The third kappa shape index (κ3) is 9.77. The van der Waals surface area contributed by atoms with E-state index in [0.717, 1.165) is 129 Å². The van der Waals surface area contributed by atoms with E-state index in [0.29, 0.717) is 31.9 Å². The number of imidazole rings is 1. The molecule has 8 rings (SSSR count). The second kappa shape index (κ2) is 22.0. The van der Waals surface area contributed by atoms with Crippen molar-refractivity contribution in [2.24, 2.45) is 11.8 Å². The van der Waals surface area contributed by atoms with Crippen LogP contribution in [-0.2, 0) is 47.9 Å². The van der Waals surface area contributed by atoms with Crippen molar-refractivity contribution in [2.75, 3.05) is 31.1 Å². The number of ketones is 1. The second-order valence-electron chi connectivity index (χ2n) is 19.3. The summed E-state index contributed by atoms with van der Waals surface area (Å²) in [5.41, 5.74) is 10.2. The minimum absolute atomic E-state index is 0.0753. The summed E-state index contributed by atoms with van der Waals surface area (Å²) >= 11 is 1.23. The first-order valence-corrected chi connectivity index (χ1v) is 26.4. The van der Waals surface area contributed by atoms with Crippen molar-refractivity contribution >= 4 is 68.9 Å². The molecule has 0 radical (unpaired) electrons. The lowest BCUT2D eigenvalue weighted by molar-refractivity contribution is -0.139. The summed E-state index contributed by atoms with van der Waals surface area (Å²) < 4.78 is 2.30. The van der Waals surface area contributed by atoms with Crippen LogP contribution in [0.15, 0.2) is 72.8 Å². The number of nitrogen functional groups attached to an aromatic ring is 1. The van der Waals surface area contributed by atoms with Gasteiger partial charge in [0.05, 0.1) is 39.0 Å². The van der Waals surface area contributed by atoms with E-state index < -0.39 is 16.2 Å². The molecule has 2 aromatic heterocycles. The van der Waals surface area contributed by atoms with Crippen LogP contribution >= 0.6 is 11.8 Å². The van der Waals surface area contributed by atoms with Crippen LogP contribution in [0, 0.1) is 11.8 Å². The monoisotopic (exact) mass is 943 g/mol. The molecule has 13 nitrogen and oxygen atoms in total. The molecule has 362 valence electrons. The number of hydrogen-bond donors (Lipinski definition) is 4. The number of thioether (sulfide) groups is 1. The first-order chi connectivity index (χ1) is 33.0. The number of fused-ring (bicyclic) bond motifs is 8. The molecule has 2 bridgehead atoms. The number of para-hydroxylation sites is 1. The highest BCUT2D eigenvalue weighted by Crippen LogP contribution is 2.56. The van der Waals surface area contributed by atoms with Gasteiger partial charge < -0.3 is 20.9 Å². The molecule has 5 N–H and O–H groups in total. The van der Waals surface area contributed by atoms with Crippen LogP contribution in [0.2, 0.25) is 0 Å². The van der Waals surface area contributed by atoms with Crippen LogP contribution in [0.4, 0.5) is 5.82 Å². The number of aryl methyl sites for hydroxylation is 2. The van der Waals surface area contributed by atoms with Gasteiger partial charge in [0.15, 0.2) is 11.6 Å². The Morgan fingerprint density at radius 2 is 1.56 bits per heavy atom. The normalized spacial score (nSPS) is 24.2. The smallest absolute Gasteiger partial charge is 0.242 e. The molecule has 3 fully saturated rings. The number of amides is 4. The molecule has 4 atom stereocenters. The summed E-state index contributed by atoms with van der Waals surface area (Å²) in [6.45, 7) is 8.68. The van der Waals surface area contributed by atoms with Gasteiger partial charge in [0.2, 0.25) is 23.6 Å². The maximum absolute atomic E-state index is 14.3. The van der Waals surface area contributed by atoms with Gasteiger partial charge in [0.1, 0.15) is 11.3 Å². The van der Waals surface area contributed by atoms with Gasteiger partial charge in [-0.15, -0.1) is 11.8 Å². The van der Waals surface area contributed by atoms with E-state index >= 15 is 0 Å². The quantitative estimate of drug-likeness (QED) is 0.0472. The highest BCUT2D eigenvalue weighted by Gasteiger charge is 2.65. The first-order valence-electron chi connectivity index (χ1n) is 25.3. The Balaban J connectivity index is 0.721. The van der Waals surface area contributed by atoms with Gasteiger partial charge in [0, 0.05) is 50.3 Å². The van der Waals surface area contributed by atoms with E-state index in [2.05, 4.69) is 70.5 Å². The highest BCUT2D eigenvalue weighted by atomic mass is 32.2. The number of nitrogens with one attached hydrogen (secondary N) is 3. The van der Waals surface area contributed by atoms with Crippen molar-refractivity contribution in [1.29, 1.82) is 0 Å². The molecule has 0 spiro atoms. The van der Waals surface area contributed by atoms with Crippen molar-refractivity contribution in [3.8, 4) is 0 Å². The Hall–Kier alpha value is -5.34. The van der Waals surface area contributed by atoms with Crippen molar-refractivity contribution in [1.82, 2.24) is 35.4 Å². The Morgan fingerprint density at radius 3 is 2.32 bits per heavy atom. The topological polar surface area (TPSA) is 181 Å². The molecular weight excluding hydrogens is 873 g/mol. The predicted octanol–water partition coefficient (Wildman–Crippen LogP) is 7.99. The third-order valence-electron chi connectivity index (χ3n) is 15.3. The fourth-order valence-electron chi connectivity index (χ4n) is 11.7. The maximum Gasteiger partial charge on any atom is 0.242 e. The lowest BCUT2D eigenvalue weighted by Crippen LogP contribution is -2.50. The summed E-state index contributed by atoms with van der Waals surface area (Å²) in [4.78, 5) is 77.7. The van der Waals surface area contributed by atoms with E-state index in [4.69, 9.17) is 10.7 Å². The van der Waals surface area contributed by atoms with Crippen molar-refractivity contribution in [2.45, 2.75) is 146 Å². The number of likely N-dealkylation sites (tertiary alicyclic amines) is 1. The number of hydrogen-bond acceptors (Lipinski definition) is 10. The molecule has 4 amide bonds. The first kappa shape index (κ1) is 49.1. The van der Waals surface area contributed by atoms with E-state index in [-0.39, 0.29) is 59.5 Å². The number of rotatable bonds is 21. The summed E-state index contributed by atoms with van der Waals surface area (Å²) in [7, 11) is 0. The van der Waals surface area contributed by atoms with Crippen LogP contribution in [0.3, 0.4) is 0 Å². The van der Waals surface area contributed by atoms with Crippen LogP contribution in [-0.4, -0.2) is 85.5 Å². The Kier molecular flexibility index (Phi) is 15.9. The zero-order valence-corrected chi connectivity index (χ0v) is 41.0. The third-order valence-corrected chi connectivity index (χ3v) is 16.5. The lowest BCUT2D eigenvalue weighted by Gasteiger charge is -2.39. The zero-order chi connectivity index (χ0) is 47.8. The number of Topliss-reactive ketones (excluding diaryl/α,β-unsaturated/α-hetero) is 1. The van der Waals surface area contributed by atoms with Gasteiger partial charge in [-0.2, -0.15) is 0 Å². The average Bonchev–Trinajstić information content (AvgIpc) is 4.01. The van der Waals surface area contributed by atoms with Gasteiger partial charge in [-0.25, -0.2) is 9.97 Å². The number of imide groups is 1. The molecule has 2 aliphatic heterocycles. The number of carbonyl (C=O) groups is 5. The van der Waals surface area contributed by atoms with Gasteiger partial charge >= 0.3 is 0 Å². The largest absolute Gasteiger partial charge is 0.382 e. The van der Waals surface area contributed by atoms with Crippen molar-refractivity contribution in [3.63, 3.8) is 0 Å². The lowest BCUT2D eigenvalue weighted by atomic mass is 9.64. The second-order valence-corrected chi connectivity index (χ2v) is 20.5. The fourth-order valence-corrected chi connectivity index (χ4v) is 12.7.